The molecule has 0 aliphatic rings. The Morgan fingerprint density at radius 2 is 1.23 bits per heavy atom. The fourth-order valence-electron chi connectivity index (χ4n) is 1.79. The van der Waals surface area contributed by atoms with Crippen molar-refractivity contribution in [1.82, 2.24) is 0 Å². The van der Waals surface area contributed by atoms with Gasteiger partial charge in [0.2, 0.25) is 0 Å². The van der Waals surface area contributed by atoms with Crippen LogP contribution in [-0.4, -0.2) is 64.9 Å². The van der Waals surface area contributed by atoms with Crippen LogP contribution in [0.25, 0.3) is 0 Å². The van der Waals surface area contributed by atoms with Crippen molar-refractivity contribution in [2.75, 3.05) is 13.2 Å². The van der Waals surface area contributed by atoms with Gasteiger partial charge in [-0.25, -0.2) is 0 Å². The zero-order chi connectivity index (χ0) is 16.3. The number of carbonyl (C=O) groups is 2. The van der Waals surface area contributed by atoms with Crippen LogP contribution in [0, 0.1) is 0 Å². The van der Waals surface area contributed by atoms with Gasteiger partial charge in [-0.05, 0) is 6.42 Å². The molecule has 0 aromatic heterocycles. The van der Waals surface area contributed by atoms with Gasteiger partial charge < -0.3 is 14.9 Å². The van der Waals surface area contributed by atoms with Crippen molar-refractivity contribution in [3.05, 3.63) is 0 Å². The summed E-state index contributed by atoms with van der Waals surface area (Å²) in [4.78, 5) is 21.5. The van der Waals surface area contributed by atoms with Crippen LogP contribution in [0.2, 0.25) is 0 Å². The Kier molecular flexibility index (Phi) is 28.6. The van der Waals surface area contributed by atoms with Gasteiger partial charge in [0.25, 0.3) is 0 Å². The second kappa shape index (κ2) is 23.3. The van der Waals surface area contributed by atoms with Crippen molar-refractivity contribution < 1.29 is 24.5 Å². The molecule has 2 N–H and O–H groups in total. The monoisotopic (exact) mass is 328 g/mol. The zero-order valence-corrected chi connectivity index (χ0v) is 13.6. The van der Waals surface area contributed by atoms with Gasteiger partial charge >= 0.3 is 41.5 Å². The van der Waals surface area contributed by atoms with Crippen molar-refractivity contribution in [2.24, 2.45) is 0 Å². The van der Waals surface area contributed by atoms with E-state index >= 15 is 0 Å². The van der Waals surface area contributed by atoms with E-state index in [0.717, 1.165) is 12.8 Å². The van der Waals surface area contributed by atoms with Crippen molar-refractivity contribution >= 4 is 41.5 Å². The van der Waals surface area contributed by atoms with Crippen LogP contribution in [0.3, 0.4) is 0 Å². The Bertz CT molecular complexity index is 245. The first-order chi connectivity index (χ1) is 10.1. The van der Waals surface area contributed by atoms with Gasteiger partial charge in [0, 0.05) is 13.3 Å². The molecule has 6 heteroatoms. The molecule has 0 saturated carbocycles. The maximum atomic E-state index is 11.0. The molecule has 0 saturated heterocycles. The van der Waals surface area contributed by atoms with Gasteiger partial charge in [-0.3, -0.25) is 9.59 Å². The number of ether oxygens (including phenoxy) is 1. The average Bonchev–Trinajstić information content (AvgIpc) is 2.45. The standard InChI is InChI=1S/C14H26O3.C2H6O2.Na.H/c1-3-4-5-6-7-8-9-10-11-12-14(16)17-13(2)15;3-1-2-4;;/h3-12H2,1-2H3;3-4H,1-2H2;;. The Morgan fingerprint density at radius 3 is 1.59 bits per heavy atom. The molecule has 128 valence electrons. The summed E-state index contributed by atoms with van der Waals surface area (Å²) in [6.45, 7) is 3.23. The Hall–Kier alpha value is 0.0600. The molecule has 0 spiro atoms. The molecule has 0 aliphatic carbocycles. The molecule has 0 bridgehead atoms. The third-order valence-corrected chi connectivity index (χ3v) is 2.84. The van der Waals surface area contributed by atoms with Crippen LogP contribution in [0.4, 0.5) is 0 Å². The summed E-state index contributed by atoms with van der Waals surface area (Å²) in [6, 6.07) is 0. The summed E-state index contributed by atoms with van der Waals surface area (Å²) < 4.78 is 4.44. The molecule has 0 atom stereocenters. The van der Waals surface area contributed by atoms with Gasteiger partial charge in [0.1, 0.15) is 0 Å². The number of esters is 2. The number of carbonyl (C=O) groups excluding carboxylic acids is 2. The number of aliphatic hydroxyl groups excluding tert-OH is 2. The summed E-state index contributed by atoms with van der Waals surface area (Å²) in [5, 5.41) is 15.2. The van der Waals surface area contributed by atoms with Crippen molar-refractivity contribution in [2.45, 2.75) is 78.1 Å². The van der Waals surface area contributed by atoms with Gasteiger partial charge in [-0.1, -0.05) is 58.3 Å². The maximum absolute atomic E-state index is 11.0. The number of hydrogen-bond acceptors (Lipinski definition) is 5. The van der Waals surface area contributed by atoms with Crippen LogP contribution in [-0.2, 0) is 14.3 Å². The Morgan fingerprint density at radius 1 is 0.818 bits per heavy atom. The molecule has 22 heavy (non-hydrogen) atoms. The van der Waals surface area contributed by atoms with E-state index in [1.807, 2.05) is 0 Å². The third-order valence-electron chi connectivity index (χ3n) is 2.84. The molecular weight excluding hydrogens is 295 g/mol. The fourth-order valence-corrected chi connectivity index (χ4v) is 1.79. The van der Waals surface area contributed by atoms with Crippen molar-refractivity contribution in [3.8, 4) is 0 Å². The molecule has 0 aromatic carbocycles. The first-order valence-corrected chi connectivity index (χ1v) is 8.01. The van der Waals surface area contributed by atoms with E-state index in [1.165, 1.54) is 51.9 Å². The molecule has 0 fully saturated rings. The average molecular weight is 328 g/mol. The molecule has 0 radical (unpaired) electrons. The number of unbranched alkanes of at least 4 members (excludes halogenated alkanes) is 8. The predicted molar refractivity (Wildman–Crippen MR) is 89.9 cm³/mol. The minimum absolute atomic E-state index is 0. The van der Waals surface area contributed by atoms with Gasteiger partial charge in [-0.15, -0.1) is 0 Å². The third kappa shape index (κ3) is 28.3. The second-order valence-corrected chi connectivity index (χ2v) is 4.99. The zero-order valence-electron chi connectivity index (χ0n) is 13.6. The second-order valence-electron chi connectivity index (χ2n) is 4.99. The van der Waals surface area contributed by atoms with Crippen molar-refractivity contribution in [3.63, 3.8) is 0 Å². The van der Waals surface area contributed by atoms with E-state index < -0.39 is 5.97 Å². The number of hydrogen-bond donors (Lipinski definition) is 2. The minimum atomic E-state index is -0.508. The van der Waals surface area contributed by atoms with Gasteiger partial charge in [0.15, 0.2) is 0 Å². The van der Waals surface area contributed by atoms with Gasteiger partial charge in [-0.2, -0.15) is 0 Å². The summed E-state index contributed by atoms with van der Waals surface area (Å²) in [7, 11) is 0. The number of aliphatic hydroxyl groups is 2. The first kappa shape index (κ1) is 26.9. The summed E-state index contributed by atoms with van der Waals surface area (Å²) in [5.74, 6) is -0.897. The van der Waals surface area contributed by atoms with Gasteiger partial charge in [0.05, 0.1) is 13.2 Å². The van der Waals surface area contributed by atoms with E-state index in [0.29, 0.717) is 6.42 Å². The Balaban J connectivity index is -0.000000640. The van der Waals surface area contributed by atoms with Crippen LogP contribution < -0.4 is 0 Å². The topological polar surface area (TPSA) is 83.8 Å². The molecule has 0 rings (SSSR count). The predicted octanol–water partition coefficient (Wildman–Crippen LogP) is 2.32. The van der Waals surface area contributed by atoms with Crippen molar-refractivity contribution in [1.29, 1.82) is 0 Å². The fraction of sp³-hybridized carbons (Fsp3) is 0.875. The van der Waals surface area contributed by atoms with Crippen LogP contribution in [0.1, 0.15) is 78.1 Å². The molecule has 0 aromatic rings. The van der Waals surface area contributed by atoms with E-state index in [1.54, 1.807) is 0 Å². The normalized spacial score (nSPS) is 9.27. The molecule has 0 heterocycles. The molecular formula is C16H33NaO5. The van der Waals surface area contributed by atoms with Crippen LogP contribution >= 0.6 is 0 Å². The first-order valence-electron chi connectivity index (χ1n) is 8.01. The Labute approximate surface area is 157 Å². The summed E-state index contributed by atoms with van der Waals surface area (Å²) in [5.41, 5.74) is 0. The SMILES string of the molecule is CCCCCCCCCCCC(=O)OC(C)=O.OCCO.[NaH]. The summed E-state index contributed by atoms with van der Waals surface area (Å²) in [6.07, 6.45) is 11.3. The molecule has 5 nitrogen and oxygen atoms in total. The van der Waals surface area contributed by atoms with Crippen LogP contribution in [0.5, 0.6) is 0 Å². The van der Waals surface area contributed by atoms with E-state index in [-0.39, 0.29) is 48.7 Å². The molecule has 0 unspecified atom stereocenters. The van der Waals surface area contributed by atoms with E-state index in [9.17, 15) is 9.59 Å². The molecule has 0 amide bonds. The van der Waals surface area contributed by atoms with Crippen LogP contribution in [0.15, 0.2) is 0 Å². The van der Waals surface area contributed by atoms with E-state index in [2.05, 4.69) is 11.7 Å². The number of rotatable bonds is 11. The molecule has 0 aliphatic heterocycles. The quantitative estimate of drug-likeness (QED) is 0.263. The van der Waals surface area contributed by atoms with E-state index in [4.69, 9.17) is 10.2 Å². The summed E-state index contributed by atoms with van der Waals surface area (Å²) >= 11 is 0.